The Morgan fingerprint density at radius 1 is 1.47 bits per heavy atom. The second-order valence-corrected chi connectivity index (χ2v) is 5.34. The average Bonchev–Trinajstić information content (AvgIpc) is 2.38. The molecule has 0 radical (unpaired) electrons. The van der Waals surface area contributed by atoms with E-state index in [1.807, 2.05) is 26.0 Å². The molecule has 1 heterocycles. The van der Waals surface area contributed by atoms with Crippen LogP contribution in [-0.2, 0) is 11.2 Å². The number of benzene rings is 1. The number of hydrogen-bond donors (Lipinski definition) is 2. The van der Waals surface area contributed by atoms with Gasteiger partial charge in [-0.25, -0.2) is 0 Å². The Balaban J connectivity index is 2.01. The summed E-state index contributed by atoms with van der Waals surface area (Å²) in [4.78, 5) is 11.1. The summed E-state index contributed by atoms with van der Waals surface area (Å²) in [5, 5.41) is 12.4. The number of carboxylic acid groups (broad SMARTS) is 1. The molecule has 0 aliphatic carbocycles. The molecule has 0 saturated heterocycles. The first-order valence-corrected chi connectivity index (χ1v) is 6.80. The predicted octanol–water partition coefficient (Wildman–Crippen LogP) is 2.78. The second-order valence-electron chi connectivity index (χ2n) is 5.34. The van der Waals surface area contributed by atoms with Gasteiger partial charge in [0.2, 0.25) is 0 Å². The fraction of sp³-hybridized carbons (Fsp3) is 0.533. The Labute approximate surface area is 113 Å². The number of carbonyl (C=O) groups is 1. The van der Waals surface area contributed by atoms with Gasteiger partial charge < -0.3 is 15.2 Å². The van der Waals surface area contributed by atoms with Gasteiger partial charge in [0.1, 0.15) is 5.75 Å². The molecule has 1 aromatic rings. The van der Waals surface area contributed by atoms with Gasteiger partial charge in [0.25, 0.3) is 0 Å². The summed E-state index contributed by atoms with van der Waals surface area (Å²) in [5.74, 6) is -0.0440. The third kappa shape index (κ3) is 3.40. The minimum absolute atomic E-state index is 0.117. The molecule has 1 aliphatic rings. The van der Waals surface area contributed by atoms with Gasteiger partial charge in [-0.3, -0.25) is 4.79 Å². The third-order valence-electron chi connectivity index (χ3n) is 3.56. The monoisotopic (exact) mass is 263 g/mol. The number of fused-ring (bicyclic) bond motifs is 1. The van der Waals surface area contributed by atoms with Crippen LogP contribution in [0.2, 0.25) is 0 Å². The van der Waals surface area contributed by atoms with E-state index in [4.69, 9.17) is 9.84 Å². The summed E-state index contributed by atoms with van der Waals surface area (Å²) >= 11 is 0. The first kappa shape index (κ1) is 13.7. The predicted molar refractivity (Wildman–Crippen MR) is 74.7 cm³/mol. The first-order valence-electron chi connectivity index (χ1n) is 6.80. The Kier molecular flexibility index (Phi) is 4.30. The van der Waals surface area contributed by atoms with Crippen molar-refractivity contribution < 1.29 is 14.6 Å². The molecule has 1 atom stereocenters. The van der Waals surface area contributed by atoms with E-state index >= 15 is 0 Å². The van der Waals surface area contributed by atoms with Gasteiger partial charge in [0.05, 0.1) is 12.5 Å². The zero-order chi connectivity index (χ0) is 13.8. The number of aryl methyl sites for hydroxylation is 1. The van der Waals surface area contributed by atoms with Gasteiger partial charge in [0, 0.05) is 12.2 Å². The van der Waals surface area contributed by atoms with E-state index < -0.39 is 5.97 Å². The van der Waals surface area contributed by atoms with Crippen LogP contribution in [0.25, 0.3) is 0 Å². The fourth-order valence-electron chi connectivity index (χ4n) is 2.31. The SMILES string of the molecule is CC(C)C(CNc1ccc2c(c1)CCCO2)C(=O)O. The highest BCUT2D eigenvalue weighted by atomic mass is 16.5. The first-order chi connectivity index (χ1) is 9.08. The lowest BCUT2D eigenvalue weighted by atomic mass is 9.96. The van der Waals surface area contributed by atoms with Gasteiger partial charge in [-0.1, -0.05) is 13.8 Å². The van der Waals surface area contributed by atoms with Crippen LogP contribution >= 0.6 is 0 Å². The molecule has 2 rings (SSSR count). The molecule has 0 bridgehead atoms. The third-order valence-corrected chi connectivity index (χ3v) is 3.56. The number of carboxylic acids is 1. The van der Waals surface area contributed by atoms with Gasteiger partial charge in [-0.05, 0) is 42.5 Å². The van der Waals surface area contributed by atoms with Crippen LogP contribution in [0.1, 0.15) is 25.8 Å². The van der Waals surface area contributed by atoms with Crippen molar-refractivity contribution >= 4 is 11.7 Å². The molecule has 2 N–H and O–H groups in total. The molecule has 0 spiro atoms. The number of hydrogen-bond acceptors (Lipinski definition) is 3. The van der Waals surface area contributed by atoms with Gasteiger partial charge in [-0.2, -0.15) is 0 Å². The molecule has 104 valence electrons. The highest BCUT2D eigenvalue weighted by Gasteiger charge is 2.21. The van der Waals surface area contributed by atoms with E-state index in [9.17, 15) is 4.79 Å². The van der Waals surface area contributed by atoms with E-state index in [1.54, 1.807) is 0 Å². The van der Waals surface area contributed by atoms with E-state index in [2.05, 4.69) is 11.4 Å². The van der Waals surface area contributed by atoms with Crippen molar-refractivity contribution in [2.75, 3.05) is 18.5 Å². The zero-order valence-electron chi connectivity index (χ0n) is 11.5. The molecule has 19 heavy (non-hydrogen) atoms. The standard InChI is InChI=1S/C15H21NO3/c1-10(2)13(15(17)18)9-16-12-5-6-14-11(8-12)4-3-7-19-14/h5-6,8,10,13,16H,3-4,7,9H2,1-2H3,(H,17,18). The molecular formula is C15H21NO3. The topological polar surface area (TPSA) is 58.6 Å². The van der Waals surface area contributed by atoms with E-state index in [1.165, 1.54) is 5.56 Å². The number of nitrogens with one attached hydrogen (secondary N) is 1. The highest BCUT2D eigenvalue weighted by Crippen LogP contribution is 2.27. The minimum Gasteiger partial charge on any atom is -0.493 e. The van der Waals surface area contributed by atoms with Crippen LogP contribution in [-0.4, -0.2) is 24.2 Å². The van der Waals surface area contributed by atoms with Crippen LogP contribution in [0.3, 0.4) is 0 Å². The highest BCUT2D eigenvalue weighted by molar-refractivity contribution is 5.71. The maximum absolute atomic E-state index is 11.1. The maximum Gasteiger partial charge on any atom is 0.308 e. The van der Waals surface area contributed by atoms with Crippen molar-refractivity contribution in [3.05, 3.63) is 23.8 Å². The lowest BCUT2D eigenvalue weighted by Gasteiger charge is -2.20. The lowest BCUT2D eigenvalue weighted by molar-refractivity contribution is -0.142. The summed E-state index contributed by atoms with van der Waals surface area (Å²) in [7, 11) is 0. The molecule has 1 unspecified atom stereocenters. The Hall–Kier alpha value is -1.71. The van der Waals surface area contributed by atoms with E-state index in [0.29, 0.717) is 6.54 Å². The van der Waals surface area contributed by atoms with E-state index in [0.717, 1.165) is 30.9 Å². The summed E-state index contributed by atoms with van der Waals surface area (Å²) in [5.41, 5.74) is 2.17. The van der Waals surface area contributed by atoms with Crippen LogP contribution in [0.15, 0.2) is 18.2 Å². The van der Waals surface area contributed by atoms with Crippen molar-refractivity contribution in [2.45, 2.75) is 26.7 Å². The molecule has 0 aromatic heterocycles. The Morgan fingerprint density at radius 2 is 2.26 bits per heavy atom. The van der Waals surface area contributed by atoms with Crippen molar-refractivity contribution in [1.29, 1.82) is 0 Å². The molecular weight excluding hydrogens is 242 g/mol. The van der Waals surface area contributed by atoms with E-state index in [-0.39, 0.29) is 11.8 Å². The number of rotatable bonds is 5. The number of anilines is 1. The smallest absolute Gasteiger partial charge is 0.308 e. The summed E-state index contributed by atoms with van der Waals surface area (Å²) in [6.07, 6.45) is 2.07. The maximum atomic E-state index is 11.1. The van der Waals surface area contributed by atoms with Gasteiger partial charge in [-0.15, -0.1) is 0 Å². The normalized spacial score (nSPS) is 15.5. The molecule has 1 aromatic carbocycles. The van der Waals surface area contributed by atoms with Gasteiger partial charge >= 0.3 is 5.97 Å². The average molecular weight is 263 g/mol. The van der Waals surface area contributed by atoms with Crippen LogP contribution in [0, 0.1) is 11.8 Å². The molecule has 4 heteroatoms. The quantitative estimate of drug-likeness (QED) is 0.857. The molecule has 1 aliphatic heterocycles. The number of aliphatic carboxylic acids is 1. The van der Waals surface area contributed by atoms with Crippen LogP contribution in [0.5, 0.6) is 5.75 Å². The van der Waals surface area contributed by atoms with Gasteiger partial charge in [0.15, 0.2) is 0 Å². The molecule has 4 nitrogen and oxygen atoms in total. The second kappa shape index (κ2) is 5.95. The van der Waals surface area contributed by atoms with Crippen molar-refractivity contribution in [1.82, 2.24) is 0 Å². The minimum atomic E-state index is -0.746. The Morgan fingerprint density at radius 3 is 2.95 bits per heavy atom. The van der Waals surface area contributed by atoms with Crippen molar-refractivity contribution in [3.8, 4) is 5.75 Å². The molecule has 0 saturated carbocycles. The number of ether oxygens (including phenoxy) is 1. The van der Waals surface area contributed by atoms with Crippen LogP contribution in [0.4, 0.5) is 5.69 Å². The lowest BCUT2D eigenvalue weighted by Crippen LogP contribution is -2.27. The Bertz CT molecular complexity index is 457. The largest absolute Gasteiger partial charge is 0.493 e. The summed E-state index contributed by atoms with van der Waals surface area (Å²) in [6, 6.07) is 5.97. The fourth-order valence-corrected chi connectivity index (χ4v) is 2.31. The summed E-state index contributed by atoms with van der Waals surface area (Å²) < 4.78 is 5.56. The molecule has 0 amide bonds. The zero-order valence-corrected chi connectivity index (χ0v) is 11.5. The summed E-state index contributed by atoms with van der Waals surface area (Å²) in [6.45, 7) is 5.10. The molecule has 0 fully saturated rings. The van der Waals surface area contributed by atoms with Crippen molar-refractivity contribution in [2.24, 2.45) is 11.8 Å². The van der Waals surface area contributed by atoms with Crippen LogP contribution < -0.4 is 10.1 Å². The van der Waals surface area contributed by atoms with Crippen molar-refractivity contribution in [3.63, 3.8) is 0 Å².